The lowest BCUT2D eigenvalue weighted by Gasteiger charge is -2.08. The standard InChI is InChI=1S/C20H18ClN5O3S/c1-2-11-25-18(12-14-7-9-15(21)10-8-14)23-24-20(25)30-13-19(27)22-16-5-3-4-6-17(16)26(28)29/h2-10H,1,11-13H2,(H,22,27). The first-order valence-corrected chi connectivity index (χ1v) is 10.3. The van der Waals surface area contributed by atoms with Crippen LogP contribution in [0.25, 0.3) is 0 Å². The second kappa shape index (κ2) is 10.0. The average Bonchev–Trinajstić information content (AvgIpc) is 3.10. The van der Waals surface area contributed by atoms with Gasteiger partial charge in [-0.25, -0.2) is 0 Å². The molecule has 1 heterocycles. The van der Waals surface area contributed by atoms with E-state index in [9.17, 15) is 14.9 Å². The van der Waals surface area contributed by atoms with Crippen LogP contribution in [-0.2, 0) is 17.8 Å². The molecular weight excluding hydrogens is 426 g/mol. The number of rotatable bonds is 9. The molecule has 0 atom stereocenters. The lowest BCUT2D eigenvalue weighted by atomic mass is 10.1. The number of nitro benzene ring substituents is 1. The normalized spacial score (nSPS) is 10.6. The Balaban J connectivity index is 1.68. The summed E-state index contributed by atoms with van der Waals surface area (Å²) in [5, 5.41) is 23.3. The average molecular weight is 444 g/mol. The van der Waals surface area contributed by atoms with E-state index in [1.807, 2.05) is 28.8 Å². The molecule has 8 nitrogen and oxygen atoms in total. The Hall–Kier alpha value is -3.17. The minimum Gasteiger partial charge on any atom is -0.320 e. The van der Waals surface area contributed by atoms with E-state index in [0.29, 0.717) is 23.1 Å². The number of halogens is 1. The predicted molar refractivity (Wildman–Crippen MR) is 117 cm³/mol. The Morgan fingerprint density at radius 2 is 1.97 bits per heavy atom. The molecule has 2 aromatic carbocycles. The highest BCUT2D eigenvalue weighted by molar-refractivity contribution is 7.99. The number of para-hydroxylation sites is 2. The number of amides is 1. The third-order valence-corrected chi connectivity index (χ3v) is 5.31. The van der Waals surface area contributed by atoms with Gasteiger partial charge in [-0.05, 0) is 23.8 Å². The maximum atomic E-state index is 12.3. The van der Waals surface area contributed by atoms with Crippen molar-refractivity contribution < 1.29 is 9.72 Å². The molecule has 3 aromatic rings. The van der Waals surface area contributed by atoms with Gasteiger partial charge in [0.1, 0.15) is 11.5 Å². The SMILES string of the molecule is C=CCn1c(Cc2ccc(Cl)cc2)nnc1SCC(=O)Nc1ccccc1[N+](=O)[O-]. The molecule has 0 unspecified atom stereocenters. The van der Waals surface area contributed by atoms with Gasteiger partial charge in [0.05, 0.1) is 10.7 Å². The molecule has 0 aliphatic heterocycles. The first-order chi connectivity index (χ1) is 14.5. The lowest BCUT2D eigenvalue weighted by molar-refractivity contribution is -0.383. The molecule has 0 bridgehead atoms. The maximum Gasteiger partial charge on any atom is 0.292 e. The Morgan fingerprint density at radius 1 is 1.23 bits per heavy atom. The maximum absolute atomic E-state index is 12.3. The van der Waals surface area contributed by atoms with Crippen molar-refractivity contribution >= 4 is 40.6 Å². The molecule has 1 N–H and O–H groups in total. The van der Waals surface area contributed by atoms with E-state index in [2.05, 4.69) is 22.1 Å². The summed E-state index contributed by atoms with van der Waals surface area (Å²) in [6, 6.07) is 13.5. The number of nitrogens with zero attached hydrogens (tertiary/aromatic N) is 4. The molecule has 1 amide bonds. The van der Waals surface area contributed by atoms with Gasteiger partial charge in [-0.1, -0.05) is 53.7 Å². The molecule has 30 heavy (non-hydrogen) atoms. The quantitative estimate of drug-likeness (QED) is 0.228. The van der Waals surface area contributed by atoms with Crippen LogP contribution < -0.4 is 5.32 Å². The third kappa shape index (κ3) is 5.46. The topological polar surface area (TPSA) is 103 Å². The van der Waals surface area contributed by atoms with Crippen LogP contribution in [0, 0.1) is 10.1 Å². The van der Waals surface area contributed by atoms with Gasteiger partial charge in [0, 0.05) is 24.1 Å². The predicted octanol–water partition coefficient (Wildman–Crippen LogP) is 4.35. The molecule has 0 aliphatic carbocycles. The molecule has 154 valence electrons. The van der Waals surface area contributed by atoms with E-state index in [0.717, 1.165) is 11.4 Å². The summed E-state index contributed by atoms with van der Waals surface area (Å²) in [4.78, 5) is 22.9. The monoisotopic (exact) mass is 443 g/mol. The van der Waals surface area contributed by atoms with Crippen molar-refractivity contribution in [2.24, 2.45) is 0 Å². The van der Waals surface area contributed by atoms with E-state index in [-0.39, 0.29) is 23.0 Å². The zero-order chi connectivity index (χ0) is 21.5. The molecule has 0 saturated carbocycles. The van der Waals surface area contributed by atoms with Crippen molar-refractivity contribution in [1.82, 2.24) is 14.8 Å². The number of thioether (sulfide) groups is 1. The number of allylic oxidation sites excluding steroid dienone is 1. The number of nitrogens with one attached hydrogen (secondary N) is 1. The number of anilines is 1. The number of carbonyl (C=O) groups is 1. The number of carbonyl (C=O) groups excluding carboxylic acids is 1. The van der Waals surface area contributed by atoms with Gasteiger partial charge < -0.3 is 9.88 Å². The summed E-state index contributed by atoms with van der Waals surface area (Å²) in [6.07, 6.45) is 2.28. The summed E-state index contributed by atoms with van der Waals surface area (Å²) < 4.78 is 1.88. The van der Waals surface area contributed by atoms with Gasteiger partial charge in [-0.15, -0.1) is 16.8 Å². The largest absolute Gasteiger partial charge is 0.320 e. The minimum absolute atomic E-state index is 0.0300. The molecule has 0 spiro atoms. The first-order valence-electron chi connectivity index (χ1n) is 8.91. The summed E-state index contributed by atoms with van der Waals surface area (Å²) >= 11 is 7.13. The fourth-order valence-corrected chi connectivity index (χ4v) is 3.60. The third-order valence-electron chi connectivity index (χ3n) is 4.09. The number of benzene rings is 2. The van der Waals surface area contributed by atoms with Crippen LogP contribution in [-0.4, -0.2) is 31.3 Å². The fourth-order valence-electron chi connectivity index (χ4n) is 2.71. The van der Waals surface area contributed by atoms with Gasteiger partial charge >= 0.3 is 0 Å². The van der Waals surface area contributed by atoms with Gasteiger partial charge in [0.15, 0.2) is 5.16 Å². The first kappa shape index (κ1) is 21.5. The molecule has 0 aliphatic rings. The van der Waals surface area contributed by atoms with Gasteiger partial charge in [-0.2, -0.15) is 0 Å². The van der Waals surface area contributed by atoms with Crippen molar-refractivity contribution in [2.45, 2.75) is 18.1 Å². The molecule has 1 aromatic heterocycles. The summed E-state index contributed by atoms with van der Waals surface area (Å²) in [5.41, 5.74) is 1.03. The fraction of sp³-hybridized carbons (Fsp3) is 0.150. The van der Waals surface area contributed by atoms with Crippen molar-refractivity contribution in [3.63, 3.8) is 0 Å². The molecule has 3 rings (SSSR count). The summed E-state index contributed by atoms with van der Waals surface area (Å²) in [7, 11) is 0. The van der Waals surface area contributed by atoms with Crippen LogP contribution in [0.3, 0.4) is 0 Å². The van der Waals surface area contributed by atoms with Gasteiger partial charge in [0.25, 0.3) is 5.69 Å². The number of aromatic nitrogens is 3. The van der Waals surface area contributed by atoms with Crippen molar-refractivity contribution in [1.29, 1.82) is 0 Å². The van der Waals surface area contributed by atoms with Crippen LogP contribution in [0.15, 0.2) is 66.3 Å². The van der Waals surface area contributed by atoms with E-state index in [1.54, 1.807) is 18.2 Å². The Kier molecular flexibility index (Phi) is 7.21. The Labute approximate surface area is 182 Å². The van der Waals surface area contributed by atoms with E-state index in [4.69, 9.17) is 11.6 Å². The van der Waals surface area contributed by atoms with E-state index < -0.39 is 4.92 Å². The van der Waals surface area contributed by atoms with Crippen molar-refractivity contribution in [3.8, 4) is 0 Å². The van der Waals surface area contributed by atoms with Crippen molar-refractivity contribution in [3.05, 3.63) is 87.7 Å². The molecule has 0 fully saturated rings. The summed E-state index contributed by atoms with van der Waals surface area (Å²) in [5.74, 6) is 0.392. The van der Waals surface area contributed by atoms with Crippen LogP contribution in [0.5, 0.6) is 0 Å². The van der Waals surface area contributed by atoms with Crippen LogP contribution in [0.1, 0.15) is 11.4 Å². The molecule has 0 radical (unpaired) electrons. The highest BCUT2D eigenvalue weighted by atomic mass is 35.5. The van der Waals surface area contributed by atoms with Crippen LogP contribution >= 0.6 is 23.4 Å². The lowest BCUT2D eigenvalue weighted by Crippen LogP contribution is -2.15. The van der Waals surface area contributed by atoms with Crippen LogP contribution in [0.2, 0.25) is 5.02 Å². The van der Waals surface area contributed by atoms with Crippen molar-refractivity contribution in [2.75, 3.05) is 11.1 Å². The Bertz CT molecular complexity index is 1070. The molecule has 10 heteroatoms. The second-order valence-electron chi connectivity index (χ2n) is 6.21. The zero-order valence-corrected chi connectivity index (χ0v) is 17.4. The zero-order valence-electron chi connectivity index (χ0n) is 15.8. The Morgan fingerprint density at radius 3 is 2.67 bits per heavy atom. The van der Waals surface area contributed by atoms with E-state index in [1.165, 1.54) is 23.9 Å². The number of hydrogen-bond donors (Lipinski definition) is 1. The highest BCUT2D eigenvalue weighted by Gasteiger charge is 2.17. The molecular formula is C20H18ClN5O3S. The summed E-state index contributed by atoms with van der Waals surface area (Å²) in [6.45, 7) is 4.26. The number of nitro groups is 1. The van der Waals surface area contributed by atoms with E-state index >= 15 is 0 Å². The molecule has 0 saturated heterocycles. The number of hydrogen-bond acceptors (Lipinski definition) is 6. The highest BCUT2D eigenvalue weighted by Crippen LogP contribution is 2.24. The van der Waals surface area contributed by atoms with Gasteiger partial charge in [0.2, 0.25) is 5.91 Å². The van der Waals surface area contributed by atoms with Gasteiger partial charge in [-0.3, -0.25) is 14.9 Å². The smallest absolute Gasteiger partial charge is 0.292 e. The minimum atomic E-state index is -0.535. The van der Waals surface area contributed by atoms with Crippen LogP contribution in [0.4, 0.5) is 11.4 Å². The second-order valence-corrected chi connectivity index (χ2v) is 7.59.